The third kappa shape index (κ3) is 4.00. The summed E-state index contributed by atoms with van der Waals surface area (Å²) in [6.45, 7) is 8.63. The van der Waals surface area contributed by atoms with E-state index in [1.54, 1.807) is 0 Å². The molecule has 0 radical (unpaired) electrons. The van der Waals surface area contributed by atoms with Crippen molar-refractivity contribution in [2.75, 3.05) is 18.0 Å². The van der Waals surface area contributed by atoms with Gasteiger partial charge in [-0.2, -0.15) is 0 Å². The molecule has 0 fully saturated rings. The van der Waals surface area contributed by atoms with E-state index in [9.17, 15) is 0 Å². The highest BCUT2D eigenvalue weighted by Crippen LogP contribution is 2.17. The standard InChI is InChI=1S/C14H25N3/c1-4-9-17(10-5-2)14-8-7-12(11-16-14)13(15)6-3/h7-8,11,13H,4-6,9-10,15H2,1-3H3. The summed E-state index contributed by atoms with van der Waals surface area (Å²) >= 11 is 0. The highest BCUT2D eigenvalue weighted by molar-refractivity contribution is 5.39. The summed E-state index contributed by atoms with van der Waals surface area (Å²) in [5.74, 6) is 1.07. The molecule has 1 aromatic heterocycles. The predicted molar refractivity (Wildman–Crippen MR) is 74.3 cm³/mol. The predicted octanol–water partition coefficient (Wildman–Crippen LogP) is 3.12. The highest BCUT2D eigenvalue weighted by atomic mass is 15.2. The number of anilines is 1. The highest BCUT2D eigenvalue weighted by Gasteiger charge is 2.07. The van der Waals surface area contributed by atoms with E-state index in [0.29, 0.717) is 0 Å². The molecule has 1 unspecified atom stereocenters. The number of pyridine rings is 1. The Morgan fingerprint density at radius 3 is 2.24 bits per heavy atom. The molecular weight excluding hydrogens is 210 g/mol. The smallest absolute Gasteiger partial charge is 0.128 e. The Kier molecular flexibility index (Phi) is 5.98. The van der Waals surface area contributed by atoms with Crippen LogP contribution < -0.4 is 10.6 Å². The van der Waals surface area contributed by atoms with Crippen LogP contribution in [0.4, 0.5) is 5.82 Å². The molecule has 1 atom stereocenters. The summed E-state index contributed by atoms with van der Waals surface area (Å²) in [5, 5.41) is 0. The Balaban J connectivity index is 2.76. The first-order chi connectivity index (χ1) is 8.22. The second-order valence-electron chi connectivity index (χ2n) is 4.45. The molecule has 0 saturated heterocycles. The molecule has 1 rings (SSSR count). The third-order valence-corrected chi connectivity index (χ3v) is 2.95. The third-order valence-electron chi connectivity index (χ3n) is 2.95. The van der Waals surface area contributed by atoms with Gasteiger partial charge < -0.3 is 10.6 Å². The van der Waals surface area contributed by atoms with Crippen LogP contribution in [0.1, 0.15) is 51.6 Å². The normalized spacial score (nSPS) is 12.5. The van der Waals surface area contributed by atoms with Crippen molar-refractivity contribution in [1.29, 1.82) is 0 Å². The fraction of sp³-hybridized carbons (Fsp3) is 0.643. The summed E-state index contributed by atoms with van der Waals surface area (Å²) in [5.41, 5.74) is 7.11. The van der Waals surface area contributed by atoms with Gasteiger partial charge >= 0.3 is 0 Å². The Labute approximate surface area is 105 Å². The lowest BCUT2D eigenvalue weighted by atomic mass is 10.1. The molecule has 2 N–H and O–H groups in total. The molecule has 0 aliphatic carbocycles. The maximum Gasteiger partial charge on any atom is 0.128 e. The zero-order valence-corrected chi connectivity index (χ0v) is 11.3. The van der Waals surface area contributed by atoms with Crippen LogP contribution in [-0.2, 0) is 0 Å². The van der Waals surface area contributed by atoms with Crippen molar-refractivity contribution in [3.8, 4) is 0 Å². The lowest BCUT2D eigenvalue weighted by Gasteiger charge is -2.23. The van der Waals surface area contributed by atoms with Gasteiger partial charge in [0, 0.05) is 25.3 Å². The fourth-order valence-electron chi connectivity index (χ4n) is 1.92. The molecule has 3 heteroatoms. The van der Waals surface area contributed by atoms with Crippen molar-refractivity contribution in [2.24, 2.45) is 5.73 Å². The van der Waals surface area contributed by atoms with Crippen molar-refractivity contribution in [3.63, 3.8) is 0 Å². The molecule has 0 spiro atoms. The first-order valence-electron chi connectivity index (χ1n) is 6.69. The van der Waals surface area contributed by atoms with Gasteiger partial charge in [0.25, 0.3) is 0 Å². The minimum Gasteiger partial charge on any atom is -0.357 e. The zero-order valence-electron chi connectivity index (χ0n) is 11.3. The van der Waals surface area contributed by atoms with E-state index in [1.165, 1.54) is 0 Å². The van der Waals surface area contributed by atoms with Gasteiger partial charge in [-0.3, -0.25) is 0 Å². The Morgan fingerprint density at radius 1 is 1.18 bits per heavy atom. The van der Waals surface area contributed by atoms with Gasteiger partial charge in [0.1, 0.15) is 5.82 Å². The van der Waals surface area contributed by atoms with Crippen LogP contribution in [-0.4, -0.2) is 18.1 Å². The summed E-state index contributed by atoms with van der Waals surface area (Å²) in [4.78, 5) is 6.87. The average molecular weight is 235 g/mol. The molecular formula is C14H25N3. The summed E-state index contributed by atoms with van der Waals surface area (Å²) < 4.78 is 0. The van der Waals surface area contributed by atoms with Crippen LogP contribution in [0.2, 0.25) is 0 Å². The van der Waals surface area contributed by atoms with Crippen molar-refractivity contribution < 1.29 is 0 Å². The maximum absolute atomic E-state index is 5.98. The van der Waals surface area contributed by atoms with E-state index in [4.69, 9.17) is 5.73 Å². The minimum atomic E-state index is 0.113. The van der Waals surface area contributed by atoms with Crippen LogP contribution in [0.25, 0.3) is 0 Å². The second kappa shape index (κ2) is 7.28. The molecule has 17 heavy (non-hydrogen) atoms. The molecule has 0 amide bonds. The van der Waals surface area contributed by atoms with Crippen molar-refractivity contribution in [1.82, 2.24) is 4.98 Å². The first-order valence-corrected chi connectivity index (χ1v) is 6.69. The van der Waals surface area contributed by atoms with Crippen LogP contribution in [0.15, 0.2) is 18.3 Å². The van der Waals surface area contributed by atoms with Crippen molar-refractivity contribution in [3.05, 3.63) is 23.9 Å². The van der Waals surface area contributed by atoms with E-state index >= 15 is 0 Å². The molecule has 0 aliphatic heterocycles. The van der Waals surface area contributed by atoms with E-state index < -0.39 is 0 Å². The van der Waals surface area contributed by atoms with Gasteiger partial charge in [-0.1, -0.05) is 26.8 Å². The van der Waals surface area contributed by atoms with Gasteiger partial charge in [0.05, 0.1) is 0 Å². The molecule has 0 saturated carbocycles. The van der Waals surface area contributed by atoms with E-state index in [2.05, 4.69) is 42.8 Å². The molecule has 1 heterocycles. The van der Waals surface area contributed by atoms with Crippen LogP contribution in [0.5, 0.6) is 0 Å². The van der Waals surface area contributed by atoms with E-state index in [0.717, 1.165) is 43.7 Å². The molecule has 0 aromatic carbocycles. The Morgan fingerprint density at radius 2 is 1.82 bits per heavy atom. The topological polar surface area (TPSA) is 42.1 Å². The van der Waals surface area contributed by atoms with Gasteiger partial charge in [-0.25, -0.2) is 4.98 Å². The van der Waals surface area contributed by atoms with Gasteiger partial charge in [0.15, 0.2) is 0 Å². The van der Waals surface area contributed by atoms with Crippen LogP contribution >= 0.6 is 0 Å². The second-order valence-corrected chi connectivity index (χ2v) is 4.45. The molecule has 3 nitrogen and oxygen atoms in total. The van der Waals surface area contributed by atoms with E-state index in [-0.39, 0.29) is 6.04 Å². The summed E-state index contributed by atoms with van der Waals surface area (Å²) in [6.07, 6.45) is 5.17. The number of hydrogen-bond donors (Lipinski definition) is 1. The van der Waals surface area contributed by atoms with Crippen molar-refractivity contribution in [2.45, 2.75) is 46.1 Å². The number of rotatable bonds is 7. The van der Waals surface area contributed by atoms with Gasteiger partial charge in [-0.15, -0.1) is 0 Å². The molecule has 96 valence electrons. The maximum atomic E-state index is 5.98. The molecule has 1 aromatic rings. The number of nitrogens with two attached hydrogens (primary N) is 1. The van der Waals surface area contributed by atoms with E-state index in [1.807, 2.05) is 6.20 Å². The Bertz CT molecular complexity index is 302. The lowest BCUT2D eigenvalue weighted by molar-refractivity contribution is 0.691. The SMILES string of the molecule is CCCN(CCC)c1ccc(C(N)CC)cn1. The lowest BCUT2D eigenvalue weighted by Crippen LogP contribution is -2.25. The summed E-state index contributed by atoms with van der Waals surface area (Å²) in [6, 6.07) is 4.31. The number of aromatic nitrogens is 1. The van der Waals surface area contributed by atoms with Crippen molar-refractivity contribution >= 4 is 5.82 Å². The van der Waals surface area contributed by atoms with Gasteiger partial charge in [0.2, 0.25) is 0 Å². The minimum absolute atomic E-state index is 0.113. The monoisotopic (exact) mass is 235 g/mol. The Hall–Kier alpha value is -1.09. The largest absolute Gasteiger partial charge is 0.357 e. The quantitative estimate of drug-likeness (QED) is 0.789. The number of nitrogens with zero attached hydrogens (tertiary/aromatic N) is 2. The van der Waals surface area contributed by atoms with Crippen LogP contribution in [0, 0.1) is 0 Å². The average Bonchev–Trinajstić information content (AvgIpc) is 2.38. The zero-order chi connectivity index (χ0) is 12.7. The molecule has 0 bridgehead atoms. The fourth-order valence-corrected chi connectivity index (χ4v) is 1.92. The first kappa shape index (κ1) is 14.0. The van der Waals surface area contributed by atoms with Gasteiger partial charge in [-0.05, 0) is 30.9 Å². The number of hydrogen-bond acceptors (Lipinski definition) is 3. The molecule has 0 aliphatic rings. The summed E-state index contributed by atoms with van der Waals surface area (Å²) in [7, 11) is 0. The van der Waals surface area contributed by atoms with Crippen LogP contribution in [0.3, 0.4) is 0 Å².